The predicted octanol–water partition coefficient (Wildman–Crippen LogP) is 4.31. The molecule has 0 saturated heterocycles. The van der Waals surface area contributed by atoms with Crippen LogP contribution in [0.25, 0.3) is 0 Å². The van der Waals surface area contributed by atoms with Crippen molar-refractivity contribution in [3.63, 3.8) is 0 Å². The van der Waals surface area contributed by atoms with Crippen molar-refractivity contribution in [2.75, 3.05) is 0 Å². The molecule has 0 saturated carbocycles. The van der Waals surface area contributed by atoms with Gasteiger partial charge < -0.3 is 0 Å². The van der Waals surface area contributed by atoms with Gasteiger partial charge in [0.25, 0.3) is 0 Å². The molecule has 0 aliphatic heterocycles. The van der Waals surface area contributed by atoms with Gasteiger partial charge in [-0.15, -0.1) is 0 Å². The van der Waals surface area contributed by atoms with E-state index in [0.717, 1.165) is 0 Å². The van der Waals surface area contributed by atoms with Crippen LogP contribution >= 0.6 is 23.2 Å². The van der Waals surface area contributed by atoms with E-state index < -0.39 is 16.1 Å². The van der Waals surface area contributed by atoms with Crippen LogP contribution in [0.15, 0.2) is 42.5 Å². The Kier molecular flexibility index (Phi) is 5.45. The van der Waals surface area contributed by atoms with Gasteiger partial charge in [-0.3, -0.25) is 0 Å². The zero-order chi connectivity index (χ0) is 16.3. The Morgan fingerprint density at radius 2 is 1.77 bits per heavy atom. The highest BCUT2D eigenvalue weighted by Crippen LogP contribution is 2.23. The first-order chi connectivity index (χ1) is 10.3. The Hall–Kier alpha value is -1.14. The molecule has 0 amide bonds. The Labute approximate surface area is 139 Å². The van der Waals surface area contributed by atoms with Crippen molar-refractivity contribution < 1.29 is 12.8 Å². The number of halogens is 3. The zero-order valence-corrected chi connectivity index (χ0v) is 14.0. The normalized spacial score (nSPS) is 13.1. The molecule has 0 aliphatic rings. The molecule has 3 nitrogen and oxygen atoms in total. The van der Waals surface area contributed by atoms with Gasteiger partial charge in [-0.2, -0.15) is 0 Å². The fraction of sp³-hybridized carbons (Fsp3) is 0.200. The molecule has 118 valence electrons. The van der Waals surface area contributed by atoms with Crippen LogP contribution in [-0.2, 0) is 15.8 Å². The summed E-state index contributed by atoms with van der Waals surface area (Å²) in [7, 11) is -3.60. The lowest BCUT2D eigenvalue weighted by Gasteiger charge is -2.15. The van der Waals surface area contributed by atoms with Crippen LogP contribution in [0.3, 0.4) is 0 Å². The fourth-order valence-electron chi connectivity index (χ4n) is 1.97. The lowest BCUT2D eigenvalue weighted by atomic mass is 10.1. The van der Waals surface area contributed by atoms with Crippen molar-refractivity contribution in [1.82, 2.24) is 4.72 Å². The van der Waals surface area contributed by atoms with Gasteiger partial charge in [-0.25, -0.2) is 17.5 Å². The van der Waals surface area contributed by atoms with E-state index in [1.165, 1.54) is 30.3 Å². The van der Waals surface area contributed by atoms with Crippen molar-refractivity contribution in [2.45, 2.75) is 18.7 Å². The first-order valence-electron chi connectivity index (χ1n) is 6.46. The third-order valence-electron chi connectivity index (χ3n) is 3.09. The summed E-state index contributed by atoms with van der Waals surface area (Å²) in [5.74, 6) is -0.624. The van der Waals surface area contributed by atoms with E-state index in [-0.39, 0.29) is 11.6 Å². The van der Waals surface area contributed by atoms with Gasteiger partial charge in [-0.1, -0.05) is 41.4 Å². The number of nitrogens with one attached hydrogen (secondary N) is 1. The average Bonchev–Trinajstić information content (AvgIpc) is 2.42. The first-order valence-corrected chi connectivity index (χ1v) is 8.87. The molecule has 0 spiro atoms. The lowest BCUT2D eigenvalue weighted by Crippen LogP contribution is -2.28. The monoisotopic (exact) mass is 361 g/mol. The Morgan fingerprint density at radius 3 is 2.36 bits per heavy atom. The van der Waals surface area contributed by atoms with E-state index in [0.29, 0.717) is 21.2 Å². The molecule has 2 aromatic rings. The molecule has 0 fully saturated rings. The van der Waals surface area contributed by atoms with Gasteiger partial charge in [-0.05, 0) is 42.3 Å². The Morgan fingerprint density at radius 1 is 1.14 bits per heavy atom. The molecule has 0 bridgehead atoms. The molecule has 7 heteroatoms. The van der Waals surface area contributed by atoms with E-state index in [9.17, 15) is 12.8 Å². The minimum absolute atomic E-state index is 0.255. The molecular formula is C15H14Cl2FNO2S. The maximum absolute atomic E-state index is 12.9. The molecular weight excluding hydrogens is 348 g/mol. The smallest absolute Gasteiger partial charge is 0.212 e. The van der Waals surface area contributed by atoms with Crippen LogP contribution < -0.4 is 4.72 Å². The minimum atomic E-state index is -3.60. The highest BCUT2D eigenvalue weighted by Gasteiger charge is 2.18. The standard InChI is InChI=1S/C15H14Cl2FNO2S/c1-10(11-3-6-14(18)7-4-11)19-22(20,21)9-12-2-5-13(16)8-15(12)17/h2-8,10,19H,9H2,1H3/t10-/m1/s1. The summed E-state index contributed by atoms with van der Waals surface area (Å²) in [6, 6.07) is 9.84. The molecule has 0 unspecified atom stereocenters. The third-order valence-corrected chi connectivity index (χ3v) is 5.08. The van der Waals surface area contributed by atoms with Crippen LogP contribution in [0.5, 0.6) is 0 Å². The van der Waals surface area contributed by atoms with Crippen LogP contribution in [0.1, 0.15) is 24.1 Å². The van der Waals surface area contributed by atoms with E-state index >= 15 is 0 Å². The van der Waals surface area contributed by atoms with Crippen molar-refractivity contribution in [3.8, 4) is 0 Å². The molecule has 22 heavy (non-hydrogen) atoms. The second kappa shape index (κ2) is 6.96. The maximum atomic E-state index is 12.9. The molecule has 2 rings (SSSR count). The molecule has 1 N–H and O–H groups in total. The van der Waals surface area contributed by atoms with Crippen molar-refractivity contribution in [2.24, 2.45) is 0 Å². The Bertz CT molecular complexity index is 764. The van der Waals surface area contributed by atoms with E-state index in [2.05, 4.69) is 4.72 Å². The summed E-state index contributed by atoms with van der Waals surface area (Å²) in [4.78, 5) is 0. The molecule has 0 aliphatic carbocycles. The SMILES string of the molecule is C[C@@H](NS(=O)(=O)Cc1ccc(Cl)cc1Cl)c1ccc(F)cc1. The van der Waals surface area contributed by atoms with Gasteiger partial charge in [0.05, 0.1) is 5.75 Å². The number of hydrogen-bond donors (Lipinski definition) is 1. The number of benzene rings is 2. The molecule has 0 radical (unpaired) electrons. The zero-order valence-electron chi connectivity index (χ0n) is 11.7. The van der Waals surface area contributed by atoms with Crippen LogP contribution in [0.2, 0.25) is 10.0 Å². The van der Waals surface area contributed by atoms with Crippen molar-refractivity contribution in [3.05, 3.63) is 69.5 Å². The van der Waals surface area contributed by atoms with E-state index in [1.807, 2.05) is 0 Å². The second-order valence-corrected chi connectivity index (χ2v) is 7.48. The van der Waals surface area contributed by atoms with Gasteiger partial charge in [0.2, 0.25) is 10.0 Å². The van der Waals surface area contributed by atoms with Crippen LogP contribution in [-0.4, -0.2) is 8.42 Å². The molecule has 1 atom stereocenters. The average molecular weight is 362 g/mol. The number of hydrogen-bond acceptors (Lipinski definition) is 2. The van der Waals surface area contributed by atoms with Gasteiger partial charge in [0.1, 0.15) is 5.82 Å². The maximum Gasteiger partial charge on any atom is 0.216 e. The van der Waals surface area contributed by atoms with Gasteiger partial charge >= 0.3 is 0 Å². The summed E-state index contributed by atoms with van der Waals surface area (Å²) in [5.41, 5.74) is 1.14. The highest BCUT2D eigenvalue weighted by molar-refractivity contribution is 7.88. The summed E-state index contributed by atoms with van der Waals surface area (Å²) >= 11 is 11.8. The largest absolute Gasteiger partial charge is 0.216 e. The van der Waals surface area contributed by atoms with Crippen LogP contribution in [0.4, 0.5) is 4.39 Å². The van der Waals surface area contributed by atoms with E-state index in [4.69, 9.17) is 23.2 Å². The predicted molar refractivity (Wildman–Crippen MR) is 87.0 cm³/mol. The summed E-state index contributed by atoms with van der Waals surface area (Å²) in [6.45, 7) is 1.69. The minimum Gasteiger partial charge on any atom is -0.212 e. The topological polar surface area (TPSA) is 46.2 Å². The van der Waals surface area contributed by atoms with Gasteiger partial charge in [0.15, 0.2) is 0 Å². The molecule has 0 heterocycles. The number of sulfonamides is 1. The quantitative estimate of drug-likeness (QED) is 0.861. The fourth-order valence-corrected chi connectivity index (χ4v) is 3.95. The Balaban J connectivity index is 2.12. The van der Waals surface area contributed by atoms with Gasteiger partial charge in [0, 0.05) is 16.1 Å². The first kappa shape index (κ1) is 17.2. The van der Waals surface area contributed by atoms with Crippen molar-refractivity contribution >= 4 is 33.2 Å². The second-order valence-electron chi connectivity index (χ2n) is 4.89. The molecule has 2 aromatic carbocycles. The third kappa shape index (κ3) is 4.68. The van der Waals surface area contributed by atoms with Crippen LogP contribution in [0, 0.1) is 5.82 Å². The molecule has 0 aromatic heterocycles. The summed E-state index contributed by atoms with van der Waals surface area (Å²) in [5, 5.41) is 0.742. The summed E-state index contributed by atoms with van der Waals surface area (Å²) < 4.78 is 39.9. The van der Waals surface area contributed by atoms with Crippen molar-refractivity contribution in [1.29, 1.82) is 0 Å². The number of rotatable bonds is 5. The summed E-state index contributed by atoms with van der Waals surface area (Å²) in [6.07, 6.45) is 0. The highest BCUT2D eigenvalue weighted by atomic mass is 35.5. The van der Waals surface area contributed by atoms with E-state index in [1.54, 1.807) is 19.1 Å². The lowest BCUT2D eigenvalue weighted by molar-refractivity contribution is 0.565.